The Bertz CT molecular complexity index is 177. The maximum Gasteiger partial charge on any atom is 0.0387 e. The van der Waals surface area contributed by atoms with Crippen LogP contribution >= 0.6 is 0 Å². The highest BCUT2D eigenvalue weighted by molar-refractivity contribution is 5.17. The fourth-order valence-electron chi connectivity index (χ4n) is 1.05. The van der Waals surface area contributed by atoms with Gasteiger partial charge in [0.25, 0.3) is 0 Å². The topological polar surface area (TPSA) is 3.24 Å². The molecule has 1 rings (SSSR count). The fourth-order valence-corrected chi connectivity index (χ4v) is 1.05. The molecular weight excluding hydrogens is 122 g/mol. The van der Waals surface area contributed by atoms with Crippen molar-refractivity contribution in [2.45, 2.75) is 6.92 Å². The van der Waals surface area contributed by atoms with E-state index in [1.807, 2.05) is 6.08 Å². The zero-order valence-corrected chi connectivity index (χ0v) is 6.38. The summed E-state index contributed by atoms with van der Waals surface area (Å²) in [5, 5.41) is 0. The standard InChI is InChI=1S/C9H13N/c1-3-6-10-7-4-5-9(2)8-10/h3-5,7H,1,6,8H2,2H3. The molecule has 1 heterocycles. The largest absolute Gasteiger partial charge is 0.370 e. The van der Waals surface area contributed by atoms with Gasteiger partial charge in [0.15, 0.2) is 0 Å². The highest BCUT2D eigenvalue weighted by Gasteiger charge is 1.99. The zero-order valence-electron chi connectivity index (χ0n) is 6.38. The van der Waals surface area contributed by atoms with Crippen molar-refractivity contribution in [2.24, 2.45) is 0 Å². The quantitative estimate of drug-likeness (QED) is 0.523. The van der Waals surface area contributed by atoms with Gasteiger partial charge in [-0.1, -0.05) is 17.7 Å². The molecule has 0 saturated carbocycles. The summed E-state index contributed by atoms with van der Waals surface area (Å²) in [6.45, 7) is 7.81. The van der Waals surface area contributed by atoms with Crippen LogP contribution in [0.4, 0.5) is 0 Å². The number of hydrogen-bond acceptors (Lipinski definition) is 1. The monoisotopic (exact) mass is 135 g/mol. The first kappa shape index (κ1) is 7.13. The van der Waals surface area contributed by atoms with Crippen molar-refractivity contribution in [3.63, 3.8) is 0 Å². The molecule has 0 unspecified atom stereocenters. The summed E-state index contributed by atoms with van der Waals surface area (Å²) in [5.74, 6) is 0. The predicted molar refractivity (Wildman–Crippen MR) is 44.7 cm³/mol. The van der Waals surface area contributed by atoms with E-state index in [2.05, 4.69) is 36.8 Å². The van der Waals surface area contributed by atoms with Gasteiger partial charge in [0.1, 0.15) is 0 Å². The molecule has 0 aromatic rings. The Kier molecular flexibility index (Phi) is 2.32. The molecule has 0 atom stereocenters. The highest BCUT2D eigenvalue weighted by atomic mass is 15.1. The van der Waals surface area contributed by atoms with E-state index in [0.29, 0.717) is 0 Å². The number of nitrogens with zero attached hydrogens (tertiary/aromatic N) is 1. The second-order valence-electron chi connectivity index (χ2n) is 2.57. The van der Waals surface area contributed by atoms with Gasteiger partial charge in [-0.3, -0.25) is 0 Å². The molecule has 0 saturated heterocycles. The van der Waals surface area contributed by atoms with Gasteiger partial charge in [-0.15, -0.1) is 6.58 Å². The van der Waals surface area contributed by atoms with Crippen molar-refractivity contribution in [1.29, 1.82) is 0 Å². The van der Waals surface area contributed by atoms with Crippen LogP contribution in [0.25, 0.3) is 0 Å². The molecule has 1 aliphatic heterocycles. The van der Waals surface area contributed by atoms with Crippen molar-refractivity contribution in [3.8, 4) is 0 Å². The van der Waals surface area contributed by atoms with Crippen LogP contribution in [-0.4, -0.2) is 18.0 Å². The molecule has 0 N–H and O–H groups in total. The Balaban J connectivity index is 2.47. The smallest absolute Gasteiger partial charge is 0.0387 e. The first-order valence-electron chi connectivity index (χ1n) is 3.52. The van der Waals surface area contributed by atoms with E-state index in [0.717, 1.165) is 13.1 Å². The summed E-state index contributed by atoms with van der Waals surface area (Å²) in [4.78, 5) is 2.22. The van der Waals surface area contributed by atoms with Gasteiger partial charge in [0.05, 0.1) is 0 Å². The van der Waals surface area contributed by atoms with Crippen LogP contribution in [0, 0.1) is 0 Å². The summed E-state index contributed by atoms with van der Waals surface area (Å²) in [5.41, 5.74) is 1.41. The molecule has 0 aromatic carbocycles. The summed E-state index contributed by atoms with van der Waals surface area (Å²) >= 11 is 0. The fraction of sp³-hybridized carbons (Fsp3) is 0.333. The van der Waals surface area contributed by atoms with Gasteiger partial charge in [-0.25, -0.2) is 0 Å². The summed E-state index contributed by atoms with van der Waals surface area (Å²) in [7, 11) is 0. The Morgan fingerprint density at radius 3 is 3.20 bits per heavy atom. The second kappa shape index (κ2) is 3.25. The van der Waals surface area contributed by atoms with Crippen molar-refractivity contribution in [1.82, 2.24) is 4.90 Å². The molecule has 0 bridgehead atoms. The van der Waals surface area contributed by atoms with Crippen LogP contribution in [0.5, 0.6) is 0 Å². The molecule has 0 spiro atoms. The normalized spacial score (nSPS) is 16.9. The van der Waals surface area contributed by atoms with Crippen LogP contribution in [0.3, 0.4) is 0 Å². The third-order valence-electron chi connectivity index (χ3n) is 1.49. The number of rotatable bonds is 2. The van der Waals surface area contributed by atoms with E-state index in [4.69, 9.17) is 0 Å². The number of hydrogen-bond donors (Lipinski definition) is 0. The van der Waals surface area contributed by atoms with Crippen LogP contribution in [-0.2, 0) is 0 Å². The molecule has 54 valence electrons. The molecule has 1 aliphatic rings. The Hall–Kier alpha value is -0.980. The molecule has 10 heavy (non-hydrogen) atoms. The Morgan fingerprint density at radius 2 is 2.60 bits per heavy atom. The van der Waals surface area contributed by atoms with Gasteiger partial charge < -0.3 is 4.90 Å². The first-order valence-corrected chi connectivity index (χ1v) is 3.52. The lowest BCUT2D eigenvalue weighted by Crippen LogP contribution is -2.20. The van der Waals surface area contributed by atoms with Crippen molar-refractivity contribution >= 4 is 0 Å². The maximum atomic E-state index is 3.68. The van der Waals surface area contributed by atoms with Crippen LogP contribution < -0.4 is 0 Å². The third-order valence-corrected chi connectivity index (χ3v) is 1.49. The lowest BCUT2D eigenvalue weighted by molar-refractivity contribution is 0.446. The van der Waals surface area contributed by atoms with Gasteiger partial charge in [-0.05, 0) is 19.2 Å². The van der Waals surface area contributed by atoms with Crippen molar-refractivity contribution in [3.05, 3.63) is 36.6 Å². The minimum Gasteiger partial charge on any atom is -0.370 e. The minimum atomic E-state index is 0.946. The van der Waals surface area contributed by atoms with Crippen LogP contribution in [0.15, 0.2) is 36.6 Å². The van der Waals surface area contributed by atoms with E-state index in [1.54, 1.807) is 0 Å². The molecule has 0 amide bonds. The van der Waals surface area contributed by atoms with E-state index in [9.17, 15) is 0 Å². The van der Waals surface area contributed by atoms with Gasteiger partial charge in [0, 0.05) is 13.1 Å². The minimum absolute atomic E-state index is 0.946. The molecule has 0 fully saturated rings. The molecule has 0 radical (unpaired) electrons. The molecule has 1 heteroatoms. The summed E-state index contributed by atoms with van der Waals surface area (Å²) in [6, 6.07) is 0. The lowest BCUT2D eigenvalue weighted by Gasteiger charge is -2.21. The zero-order chi connectivity index (χ0) is 7.40. The lowest BCUT2D eigenvalue weighted by atomic mass is 10.2. The van der Waals surface area contributed by atoms with E-state index < -0.39 is 0 Å². The average molecular weight is 135 g/mol. The molecule has 0 aromatic heterocycles. The van der Waals surface area contributed by atoms with Crippen LogP contribution in [0.1, 0.15) is 6.92 Å². The molecular formula is C9H13N. The van der Waals surface area contributed by atoms with Crippen LogP contribution in [0.2, 0.25) is 0 Å². The second-order valence-corrected chi connectivity index (χ2v) is 2.57. The predicted octanol–water partition coefficient (Wildman–Crippen LogP) is 1.95. The van der Waals surface area contributed by atoms with E-state index >= 15 is 0 Å². The Labute approximate surface area is 62.3 Å². The van der Waals surface area contributed by atoms with Gasteiger partial charge >= 0.3 is 0 Å². The van der Waals surface area contributed by atoms with E-state index in [1.165, 1.54) is 5.57 Å². The summed E-state index contributed by atoms with van der Waals surface area (Å²) < 4.78 is 0. The maximum absolute atomic E-state index is 3.68. The third kappa shape index (κ3) is 1.76. The number of allylic oxidation sites excluding steroid dienone is 2. The first-order chi connectivity index (χ1) is 4.83. The molecule has 1 nitrogen and oxygen atoms in total. The summed E-state index contributed by atoms with van der Waals surface area (Å²) in [6.07, 6.45) is 8.22. The van der Waals surface area contributed by atoms with Crippen molar-refractivity contribution in [2.75, 3.05) is 13.1 Å². The highest BCUT2D eigenvalue weighted by Crippen LogP contribution is 2.05. The van der Waals surface area contributed by atoms with Gasteiger partial charge in [0.2, 0.25) is 0 Å². The average Bonchev–Trinajstić information content (AvgIpc) is 1.88. The van der Waals surface area contributed by atoms with E-state index in [-0.39, 0.29) is 0 Å². The molecule has 0 aliphatic carbocycles. The van der Waals surface area contributed by atoms with Gasteiger partial charge in [-0.2, -0.15) is 0 Å². The Morgan fingerprint density at radius 1 is 1.80 bits per heavy atom. The SMILES string of the molecule is C=CCN1C=CC=C(C)C1. The van der Waals surface area contributed by atoms with Crippen molar-refractivity contribution < 1.29 is 0 Å².